The summed E-state index contributed by atoms with van der Waals surface area (Å²) in [6, 6.07) is 6.60. The minimum Gasteiger partial charge on any atom is -0.431 e. The van der Waals surface area contributed by atoms with Crippen LogP contribution in [-0.4, -0.2) is 21.8 Å². The Labute approximate surface area is 139 Å². The summed E-state index contributed by atoms with van der Waals surface area (Å²) in [6.07, 6.45) is 2.65. The fourth-order valence-electron chi connectivity index (χ4n) is 1.67. The molecule has 2 amide bonds. The van der Waals surface area contributed by atoms with E-state index in [1.54, 1.807) is 29.6 Å². The highest BCUT2D eigenvalue weighted by Crippen LogP contribution is 2.19. The van der Waals surface area contributed by atoms with Gasteiger partial charge in [0.15, 0.2) is 10.8 Å². The Balaban J connectivity index is 1.68. The summed E-state index contributed by atoms with van der Waals surface area (Å²) < 4.78 is 5.07. The number of hydrogen-bond donors (Lipinski definition) is 2. The van der Waals surface area contributed by atoms with E-state index in [-0.39, 0.29) is 22.8 Å². The number of carbonyl (C=O) groups is 2. The zero-order chi connectivity index (χ0) is 16.2. The summed E-state index contributed by atoms with van der Waals surface area (Å²) in [6.45, 7) is 0. The Morgan fingerprint density at radius 2 is 2.04 bits per heavy atom. The van der Waals surface area contributed by atoms with Crippen LogP contribution >= 0.6 is 22.9 Å². The molecule has 7 nitrogen and oxygen atoms in total. The molecule has 0 fully saturated rings. The van der Waals surface area contributed by atoms with Crippen molar-refractivity contribution in [2.24, 2.45) is 0 Å². The monoisotopic (exact) mass is 348 g/mol. The van der Waals surface area contributed by atoms with E-state index in [0.29, 0.717) is 10.6 Å². The van der Waals surface area contributed by atoms with Crippen molar-refractivity contribution in [1.29, 1.82) is 0 Å². The minimum absolute atomic E-state index is 0.00593. The number of rotatable bonds is 4. The van der Waals surface area contributed by atoms with Gasteiger partial charge in [0.25, 0.3) is 11.8 Å². The maximum Gasteiger partial charge on any atom is 0.302 e. The fourth-order valence-corrected chi connectivity index (χ4v) is 2.45. The van der Waals surface area contributed by atoms with Crippen LogP contribution in [0.25, 0.3) is 0 Å². The summed E-state index contributed by atoms with van der Waals surface area (Å²) in [4.78, 5) is 32.2. The molecule has 0 unspecified atom stereocenters. The van der Waals surface area contributed by atoms with E-state index < -0.39 is 5.91 Å². The van der Waals surface area contributed by atoms with Gasteiger partial charge in [-0.1, -0.05) is 17.7 Å². The van der Waals surface area contributed by atoms with E-state index in [1.807, 2.05) is 0 Å². The predicted molar refractivity (Wildman–Crippen MR) is 86.0 cm³/mol. The Morgan fingerprint density at radius 1 is 1.17 bits per heavy atom. The quantitative estimate of drug-likeness (QED) is 0.705. The number of oxazole rings is 1. The summed E-state index contributed by atoms with van der Waals surface area (Å²) in [5, 5.41) is 6.97. The first-order valence-electron chi connectivity index (χ1n) is 6.36. The minimum atomic E-state index is -0.528. The van der Waals surface area contributed by atoms with Crippen molar-refractivity contribution < 1.29 is 14.0 Å². The Bertz CT molecular complexity index is 847. The number of carbonyl (C=O) groups excluding carboxylic acids is 2. The average Bonchev–Trinajstić information content (AvgIpc) is 3.20. The van der Waals surface area contributed by atoms with Gasteiger partial charge in [0.1, 0.15) is 6.26 Å². The molecule has 3 rings (SSSR count). The molecule has 0 spiro atoms. The SMILES string of the molecule is O=C(Nc1cccnc1Cl)c1coc(NC(=O)c2cccs2)n1. The molecule has 0 saturated heterocycles. The second-order valence-electron chi connectivity index (χ2n) is 4.27. The molecule has 0 aliphatic carbocycles. The van der Waals surface area contributed by atoms with E-state index in [4.69, 9.17) is 16.0 Å². The largest absolute Gasteiger partial charge is 0.431 e. The van der Waals surface area contributed by atoms with Gasteiger partial charge in [0.05, 0.1) is 10.6 Å². The molecule has 3 aromatic heterocycles. The van der Waals surface area contributed by atoms with Crippen LogP contribution in [0.4, 0.5) is 11.7 Å². The lowest BCUT2D eigenvalue weighted by Crippen LogP contribution is -2.14. The Kier molecular flexibility index (Phi) is 4.35. The van der Waals surface area contributed by atoms with Crippen molar-refractivity contribution in [2.45, 2.75) is 0 Å². The van der Waals surface area contributed by atoms with Gasteiger partial charge in [-0.2, -0.15) is 4.98 Å². The van der Waals surface area contributed by atoms with Crippen molar-refractivity contribution in [3.8, 4) is 0 Å². The molecule has 0 atom stereocenters. The van der Waals surface area contributed by atoms with Gasteiger partial charge in [0, 0.05) is 6.20 Å². The van der Waals surface area contributed by atoms with Crippen LogP contribution in [0.2, 0.25) is 5.15 Å². The van der Waals surface area contributed by atoms with E-state index in [0.717, 1.165) is 6.26 Å². The van der Waals surface area contributed by atoms with Crippen molar-refractivity contribution >= 4 is 46.5 Å². The molecule has 0 aliphatic heterocycles. The first-order valence-corrected chi connectivity index (χ1v) is 7.61. The molecular formula is C14H9ClN4O3S. The lowest BCUT2D eigenvalue weighted by atomic mass is 10.4. The van der Waals surface area contributed by atoms with E-state index in [9.17, 15) is 9.59 Å². The number of nitrogens with one attached hydrogen (secondary N) is 2. The number of nitrogens with zero attached hydrogens (tertiary/aromatic N) is 2. The summed E-state index contributed by atoms with van der Waals surface area (Å²) in [5.41, 5.74) is 0.359. The Hall–Kier alpha value is -2.71. The van der Waals surface area contributed by atoms with Gasteiger partial charge in [-0.3, -0.25) is 14.9 Å². The first kappa shape index (κ1) is 15.2. The number of pyridine rings is 1. The third kappa shape index (κ3) is 3.55. The highest BCUT2D eigenvalue weighted by molar-refractivity contribution is 7.12. The van der Waals surface area contributed by atoms with Crippen molar-refractivity contribution in [1.82, 2.24) is 9.97 Å². The molecular weight excluding hydrogens is 340 g/mol. The maximum atomic E-state index is 12.1. The first-order chi connectivity index (χ1) is 11.1. The van der Waals surface area contributed by atoms with Crippen LogP contribution < -0.4 is 10.6 Å². The smallest absolute Gasteiger partial charge is 0.302 e. The summed E-state index contributed by atoms with van der Waals surface area (Å²) in [5.74, 6) is -0.885. The van der Waals surface area contributed by atoms with Crippen LogP contribution in [-0.2, 0) is 0 Å². The van der Waals surface area contributed by atoms with Crippen molar-refractivity contribution in [3.63, 3.8) is 0 Å². The second-order valence-corrected chi connectivity index (χ2v) is 5.57. The van der Waals surface area contributed by atoms with Crippen LogP contribution in [0.5, 0.6) is 0 Å². The average molecular weight is 349 g/mol. The molecule has 0 aromatic carbocycles. The molecule has 9 heteroatoms. The number of thiophene rings is 1. The third-order valence-corrected chi connectivity index (χ3v) is 3.88. The lowest BCUT2D eigenvalue weighted by Gasteiger charge is -2.03. The molecule has 2 N–H and O–H groups in total. The molecule has 0 bridgehead atoms. The molecule has 23 heavy (non-hydrogen) atoms. The number of anilines is 2. The number of hydrogen-bond acceptors (Lipinski definition) is 6. The lowest BCUT2D eigenvalue weighted by molar-refractivity contribution is 0.101. The molecule has 3 aromatic rings. The van der Waals surface area contributed by atoms with Gasteiger partial charge in [-0.25, -0.2) is 4.98 Å². The topological polar surface area (TPSA) is 97.1 Å². The molecule has 116 valence electrons. The highest BCUT2D eigenvalue weighted by Gasteiger charge is 2.16. The van der Waals surface area contributed by atoms with E-state index in [1.165, 1.54) is 17.5 Å². The fraction of sp³-hybridized carbons (Fsp3) is 0. The van der Waals surface area contributed by atoms with Crippen LogP contribution in [0.15, 0.2) is 46.5 Å². The predicted octanol–water partition coefficient (Wildman–Crippen LogP) is 3.29. The highest BCUT2D eigenvalue weighted by atomic mass is 35.5. The van der Waals surface area contributed by atoms with Gasteiger partial charge in [-0.05, 0) is 23.6 Å². The Morgan fingerprint density at radius 3 is 2.78 bits per heavy atom. The van der Waals surface area contributed by atoms with Gasteiger partial charge >= 0.3 is 6.01 Å². The second kappa shape index (κ2) is 6.59. The van der Waals surface area contributed by atoms with E-state index >= 15 is 0 Å². The van der Waals surface area contributed by atoms with Gasteiger partial charge in [-0.15, -0.1) is 11.3 Å². The molecule has 0 saturated carbocycles. The zero-order valence-corrected chi connectivity index (χ0v) is 13.0. The van der Waals surface area contributed by atoms with Gasteiger partial charge < -0.3 is 9.73 Å². The standard InChI is InChI=1S/C14H9ClN4O3S/c15-11-8(3-1-5-16-11)17-12(20)9-7-22-14(18-9)19-13(21)10-4-2-6-23-10/h1-7H,(H,17,20)(H,18,19,21). The van der Waals surface area contributed by atoms with Crippen molar-refractivity contribution in [3.05, 3.63) is 57.8 Å². The zero-order valence-electron chi connectivity index (χ0n) is 11.4. The van der Waals surface area contributed by atoms with Crippen LogP contribution in [0, 0.1) is 0 Å². The van der Waals surface area contributed by atoms with Crippen LogP contribution in [0.1, 0.15) is 20.2 Å². The normalized spacial score (nSPS) is 10.3. The molecule has 0 radical (unpaired) electrons. The summed E-state index contributed by atoms with van der Waals surface area (Å²) in [7, 11) is 0. The van der Waals surface area contributed by atoms with Crippen molar-refractivity contribution in [2.75, 3.05) is 10.6 Å². The summed E-state index contributed by atoms with van der Waals surface area (Å²) >= 11 is 7.15. The van der Waals surface area contributed by atoms with Crippen LogP contribution in [0.3, 0.4) is 0 Å². The molecule has 3 heterocycles. The third-order valence-electron chi connectivity index (χ3n) is 2.71. The molecule has 0 aliphatic rings. The maximum absolute atomic E-state index is 12.1. The van der Waals surface area contributed by atoms with E-state index in [2.05, 4.69) is 20.6 Å². The number of aromatic nitrogens is 2. The van der Waals surface area contributed by atoms with Gasteiger partial charge in [0.2, 0.25) is 0 Å². The number of halogens is 1. The number of amides is 2.